The quantitative estimate of drug-likeness (QED) is 0.599. The summed E-state index contributed by atoms with van der Waals surface area (Å²) < 4.78 is 0. The van der Waals surface area contributed by atoms with Crippen molar-refractivity contribution in [2.75, 3.05) is 24.5 Å². The second-order valence-corrected chi connectivity index (χ2v) is 4.37. The Morgan fingerprint density at radius 2 is 1.95 bits per heavy atom. The summed E-state index contributed by atoms with van der Waals surface area (Å²) in [6, 6.07) is 7.66. The lowest BCUT2D eigenvalue weighted by atomic mass is 10.1. The fourth-order valence-corrected chi connectivity index (χ4v) is 2.24. The zero-order chi connectivity index (χ0) is 13.8. The number of hydrogen-bond acceptors (Lipinski definition) is 2. The largest absolute Gasteiger partial charge is 0.322 e. The van der Waals surface area contributed by atoms with Crippen LogP contribution >= 0.6 is 0 Å². The first-order valence-corrected chi connectivity index (χ1v) is 6.31. The number of benzene rings is 1. The third-order valence-electron chi connectivity index (χ3n) is 3.25. The molecule has 0 bridgehead atoms. The Kier molecular flexibility index (Phi) is 3.86. The van der Waals surface area contributed by atoms with Crippen LogP contribution in [0.1, 0.15) is 12.5 Å². The van der Waals surface area contributed by atoms with Gasteiger partial charge in [0.05, 0.1) is 6.54 Å². The minimum absolute atomic E-state index is 0.188. The predicted octanol–water partition coefficient (Wildman–Crippen LogP) is 1.06. The van der Waals surface area contributed by atoms with Gasteiger partial charge in [-0.25, -0.2) is 0 Å². The lowest BCUT2D eigenvalue weighted by Gasteiger charge is -2.33. The van der Waals surface area contributed by atoms with Gasteiger partial charge in [-0.05, 0) is 18.1 Å². The molecule has 1 aliphatic rings. The Morgan fingerprint density at radius 1 is 1.21 bits per heavy atom. The summed E-state index contributed by atoms with van der Waals surface area (Å²) in [7, 11) is 0. The van der Waals surface area contributed by atoms with E-state index in [2.05, 4.69) is 5.92 Å². The van der Waals surface area contributed by atoms with Gasteiger partial charge in [0.15, 0.2) is 0 Å². The maximum Gasteiger partial charge on any atom is 0.316 e. The van der Waals surface area contributed by atoms with Gasteiger partial charge in [-0.15, -0.1) is 6.42 Å². The smallest absolute Gasteiger partial charge is 0.316 e. The van der Waals surface area contributed by atoms with Crippen molar-refractivity contribution in [3.05, 3.63) is 29.8 Å². The number of nitrogens with zero attached hydrogens (tertiary/aromatic N) is 2. The molecule has 0 N–H and O–H groups in total. The SMILES string of the molecule is C#CCN1CCN(c2ccccc2CC)C(=O)C1=O. The standard InChI is InChI=1S/C15H16N2O2/c1-3-9-16-10-11-17(15(19)14(16)18)13-8-6-5-7-12(13)4-2/h1,5-8H,4,9-11H2,2H3. The van der Waals surface area contributed by atoms with Crippen LogP contribution in [-0.4, -0.2) is 36.3 Å². The number of piperazine rings is 1. The average molecular weight is 256 g/mol. The molecule has 98 valence electrons. The highest BCUT2D eigenvalue weighted by Crippen LogP contribution is 2.23. The molecular weight excluding hydrogens is 240 g/mol. The molecule has 0 unspecified atom stereocenters. The molecule has 19 heavy (non-hydrogen) atoms. The predicted molar refractivity (Wildman–Crippen MR) is 73.6 cm³/mol. The van der Waals surface area contributed by atoms with Crippen molar-refractivity contribution in [3.63, 3.8) is 0 Å². The molecule has 4 nitrogen and oxygen atoms in total. The maximum atomic E-state index is 12.1. The Hall–Kier alpha value is -2.28. The van der Waals surface area contributed by atoms with Crippen molar-refractivity contribution in [1.29, 1.82) is 0 Å². The van der Waals surface area contributed by atoms with Gasteiger partial charge in [0.2, 0.25) is 0 Å². The Labute approximate surface area is 113 Å². The van der Waals surface area contributed by atoms with Gasteiger partial charge < -0.3 is 9.80 Å². The minimum Gasteiger partial charge on any atom is -0.322 e. The zero-order valence-electron chi connectivity index (χ0n) is 10.9. The van der Waals surface area contributed by atoms with Crippen molar-refractivity contribution in [1.82, 2.24) is 4.90 Å². The van der Waals surface area contributed by atoms with Crippen LogP contribution in [0.5, 0.6) is 0 Å². The minimum atomic E-state index is -0.518. The number of hydrogen-bond donors (Lipinski definition) is 0. The normalized spacial score (nSPS) is 15.6. The van der Waals surface area contributed by atoms with E-state index < -0.39 is 11.8 Å². The zero-order valence-corrected chi connectivity index (χ0v) is 10.9. The lowest BCUT2D eigenvalue weighted by molar-refractivity contribution is -0.145. The van der Waals surface area contributed by atoms with E-state index in [1.807, 2.05) is 31.2 Å². The van der Waals surface area contributed by atoms with Crippen molar-refractivity contribution in [3.8, 4) is 12.3 Å². The number of amides is 2. The third-order valence-corrected chi connectivity index (χ3v) is 3.25. The van der Waals surface area contributed by atoms with Crippen LogP contribution in [0.4, 0.5) is 5.69 Å². The van der Waals surface area contributed by atoms with Crippen molar-refractivity contribution in [2.24, 2.45) is 0 Å². The van der Waals surface area contributed by atoms with E-state index in [0.29, 0.717) is 13.1 Å². The van der Waals surface area contributed by atoms with Gasteiger partial charge in [-0.3, -0.25) is 9.59 Å². The number of aryl methyl sites for hydroxylation is 1. The molecule has 1 heterocycles. The summed E-state index contributed by atoms with van der Waals surface area (Å²) in [6.45, 7) is 3.18. The fraction of sp³-hybridized carbons (Fsp3) is 0.333. The molecule has 4 heteroatoms. The average Bonchev–Trinajstić information content (AvgIpc) is 2.44. The number of anilines is 1. The fourth-order valence-electron chi connectivity index (χ4n) is 2.24. The topological polar surface area (TPSA) is 40.6 Å². The van der Waals surface area contributed by atoms with E-state index in [4.69, 9.17) is 6.42 Å². The van der Waals surface area contributed by atoms with Crippen LogP contribution < -0.4 is 4.90 Å². The van der Waals surface area contributed by atoms with Gasteiger partial charge in [-0.2, -0.15) is 0 Å². The highest BCUT2D eigenvalue weighted by atomic mass is 16.2. The molecule has 0 saturated carbocycles. The molecule has 1 aliphatic heterocycles. The number of para-hydroxylation sites is 1. The number of terminal acetylenes is 1. The molecule has 1 saturated heterocycles. The molecule has 2 amide bonds. The van der Waals surface area contributed by atoms with Gasteiger partial charge >= 0.3 is 11.8 Å². The number of carbonyl (C=O) groups is 2. The summed E-state index contributed by atoms with van der Waals surface area (Å²) in [4.78, 5) is 27.0. The molecule has 0 spiro atoms. The molecule has 1 aromatic rings. The summed E-state index contributed by atoms with van der Waals surface area (Å²) in [5, 5.41) is 0. The van der Waals surface area contributed by atoms with Crippen LogP contribution in [0.3, 0.4) is 0 Å². The third kappa shape index (κ3) is 2.45. The molecule has 1 fully saturated rings. The van der Waals surface area contributed by atoms with Crippen LogP contribution in [0.15, 0.2) is 24.3 Å². The molecule has 0 radical (unpaired) electrons. The summed E-state index contributed by atoms with van der Waals surface area (Å²) in [5.74, 6) is 1.38. The molecule has 2 rings (SSSR count). The van der Waals surface area contributed by atoms with Crippen molar-refractivity contribution >= 4 is 17.5 Å². The Balaban J connectivity index is 2.26. The first-order valence-electron chi connectivity index (χ1n) is 6.31. The van der Waals surface area contributed by atoms with Crippen LogP contribution in [0.25, 0.3) is 0 Å². The second kappa shape index (κ2) is 5.57. The molecule has 0 atom stereocenters. The first kappa shape index (κ1) is 13.2. The van der Waals surface area contributed by atoms with Crippen LogP contribution in [0.2, 0.25) is 0 Å². The Bertz CT molecular complexity index is 545. The van der Waals surface area contributed by atoms with Crippen LogP contribution in [0, 0.1) is 12.3 Å². The van der Waals surface area contributed by atoms with E-state index in [-0.39, 0.29) is 6.54 Å². The molecule has 0 aliphatic carbocycles. The highest BCUT2D eigenvalue weighted by Gasteiger charge is 2.33. The Morgan fingerprint density at radius 3 is 2.63 bits per heavy atom. The highest BCUT2D eigenvalue weighted by molar-refractivity contribution is 6.41. The lowest BCUT2D eigenvalue weighted by Crippen LogP contribution is -2.54. The molecular formula is C15H16N2O2. The van der Waals surface area contributed by atoms with Gasteiger partial charge in [0, 0.05) is 18.8 Å². The van der Waals surface area contributed by atoms with E-state index in [9.17, 15) is 9.59 Å². The first-order chi connectivity index (χ1) is 9.19. The second-order valence-electron chi connectivity index (χ2n) is 4.37. The summed E-state index contributed by atoms with van der Waals surface area (Å²) in [5.41, 5.74) is 1.89. The van der Waals surface area contributed by atoms with E-state index >= 15 is 0 Å². The number of carbonyl (C=O) groups excluding carboxylic acids is 2. The summed E-state index contributed by atoms with van der Waals surface area (Å²) in [6.07, 6.45) is 6.01. The molecule has 0 aromatic heterocycles. The molecule has 1 aromatic carbocycles. The van der Waals surface area contributed by atoms with E-state index in [1.54, 1.807) is 4.90 Å². The van der Waals surface area contributed by atoms with Crippen LogP contribution in [-0.2, 0) is 16.0 Å². The van der Waals surface area contributed by atoms with E-state index in [1.165, 1.54) is 4.90 Å². The van der Waals surface area contributed by atoms with Crippen molar-refractivity contribution < 1.29 is 9.59 Å². The monoisotopic (exact) mass is 256 g/mol. The van der Waals surface area contributed by atoms with E-state index in [0.717, 1.165) is 17.7 Å². The maximum absolute atomic E-state index is 12.1. The van der Waals surface area contributed by atoms with Gasteiger partial charge in [0.1, 0.15) is 0 Å². The summed E-state index contributed by atoms with van der Waals surface area (Å²) >= 11 is 0. The van der Waals surface area contributed by atoms with Crippen molar-refractivity contribution in [2.45, 2.75) is 13.3 Å². The van der Waals surface area contributed by atoms with Gasteiger partial charge in [0.25, 0.3) is 0 Å². The number of rotatable bonds is 3. The van der Waals surface area contributed by atoms with Gasteiger partial charge in [-0.1, -0.05) is 31.0 Å².